The Morgan fingerprint density at radius 2 is 2.12 bits per heavy atom. The summed E-state index contributed by atoms with van der Waals surface area (Å²) in [6.45, 7) is 0. The van der Waals surface area contributed by atoms with Gasteiger partial charge < -0.3 is 5.32 Å². The van der Waals surface area contributed by atoms with E-state index in [9.17, 15) is 4.79 Å². The highest BCUT2D eigenvalue weighted by Crippen LogP contribution is 2.32. The van der Waals surface area contributed by atoms with Gasteiger partial charge in [0.25, 0.3) is 5.91 Å². The number of hydrogen-bond donors (Lipinski definition) is 1. The summed E-state index contributed by atoms with van der Waals surface area (Å²) in [6.07, 6.45) is 1.62. The Balaban J connectivity index is 2.23. The maximum atomic E-state index is 12.0. The van der Waals surface area contributed by atoms with Crippen LogP contribution in [0.3, 0.4) is 0 Å². The Morgan fingerprint density at radius 1 is 1.35 bits per heavy atom. The van der Waals surface area contributed by atoms with Gasteiger partial charge in [-0.2, -0.15) is 0 Å². The molecule has 0 bridgehead atoms. The van der Waals surface area contributed by atoms with Gasteiger partial charge in [-0.05, 0) is 66.0 Å². The molecule has 0 saturated heterocycles. The van der Waals surface area contributed by atoms with Gasteiger partial charge in [0.1, 0.15) is 5.82 Å². The minimum Gasteiger partial charge on any atom is -0.306 e. The molecule has 0 aliphatic carbocycles. The Morgan fingerprint density at radius 3 is 2.71 bits per heavy atom. The topological polar surface area (TPSA) is 42.0 Å². The molecule has 2 aromatic heterocycles. The second kappa shape index (κ2) is 5.60. The normalized spacial score (nSPS) is 10.3. The fourth-order valence-corrected chi connectivity index (χ4v) is 4.30. The molecule has 0 fully saturated rings. The van der Waals surface area contributed by atoms with Crippen LogP contribution in [0.25, 0.3) is 0 Å². The molecule has 0 saturated carbocycles. The largest absolute Gasteiger partial charge is 0.306 e. The van der Waals surface area contributed by atoms with Gasteiger partial charge in [-0.15, -0.1) is 11.3 Å². The third-order valence-electron chi connectivity index (χ3n) is 1.89. The molecule has 0 aliphatic heterocycles. The maximum absolute atomic E-state index is 12.0. The molecule has 0 spiro atoms. The van der Waals surface area contributed by atoms with Crippen LogP contribution in [-0.2, 0) is 0 Å². The van der Waals surface area contributed by atoms with Gasteiger partial charge >= 0.3 is 0 Å². The van der Waals surface area contributed by atoms with Crippen LogP contribution in [0.4, 0.5) is 5.82 Å². The number of halogens is 3. The van der Waals surface area contributed by atoms with E-state index in [1.54, 1.807) is 18.3 Å². The van der Waals surface area contributed by atoms with Crippen LogP contribution in [-0.4, -0.2) is 10.9 Å². The van der Waals surface area contributed by atoms with E-state index >= 15 is 0 Å². The molecule has 0 aromatic carbocycles. The molecular weight excluding hydrogens is 436 g/mol. The predicted molar refractivity (Wildman–Crippen MR) is 79.6 cm³/mol. The number of amides is 1. The van der Waals surface area contributed by atoms with Crippen LogP contribution in [0, 0.1) is 0 Å². The lowest BCUT2D eigenvalue weighted by Gasteiger charge is -2.04. The van der Waals surface area contributed by atoms with E-state index in [4.69, 9.17) is 0 Å². The second-order valence-electron chi connectivity index (χ2n) is 3.03. The summed E-state index contributed by atoms with van der Waals surface area (Å²) in [5.41, 5.74) is 0.583. The average Bonchev–Trinajstić information content (AvgIpc) is 2.61. The van der Waals surface area contributed by atoms with Crippen molar-refractivity contribution in [2.75, 3.05) is 5.32 Å². The molecule has 2 heterocycles. The first-order valence-electron chi connectivity index (χ1n) is 4.44. The van der Waals surface area contributed by atoms with E-state index in [2.05, 4.69) is 58.1 Å². The van der Waals surface area contributed by atoms with Crippen LogP contribution in [0.1, 0.15) is 10.4 Å². The lowest BCUT2D eigenvalue weighted by Crippen LogP contribution is -2.12. The number of carbonyl (C=O) groups excluding carboxylic acids is 1. The third-order valence-corrected chi connectivity index (χ3v) is 4.87. The molecule has 0 unspecified atom stereocenters. The van der Waals surface area contributed by atoms with Gasteiger partial charge in [0.05, 0.1) is 17.6 Å². The Kier molecular flexibility index (Phi) is 4.35. The number of carbonyl (C=O) groups is 1. The van der Waals surface area contributed by atoms with Gasteiger partial charge in [-0.1, -0.05) is 0 Å². The van der Waals surface area contributed by atoms with Crippen molar-refractivity contribution in [2.45, 2.75) is 0 Å². The SMILES string of the molecule is O=C(Nc1ncccc1Br)c1cc(Br)sc1Br. The smallest absolute Gasteiger partial charge is 0.258 e. The van der Waals surface area contributed by atoms with E-state index in [1.807, 2.05) is 6.07 Å². The summed E-state index contributed by atoms with van der Waals surface area (Å²) in [5.74, 6) is 0.310. The molecule has 88 valence electrons. The number of pyridine rings is 1. The number of aromatic nitrogens is 1. The van der Waals surface area contributed by atoms with Crippen molar-refractivity contribution in [3.63, 3.8) is 0 Å². The minimum atomic E-state index is -0.196. The fourth-order valence-electron chi connectivity index (χ4n) is 1.15. The van der Waals surface area contributed by atoms with Gasteiger partial charge in [0, 0.05) is 6.20 Å². The lowest BCUT2D eigenvalue weighted by atomic mass is 10.3. The first-order chi connectivity index (χ1) is 8.08. The van der Waals surface area contributed by atoms with E-state index < -0.39 is 0 Å². The minimum absolute atomic E-state index is 0.196. The van der Waals surface area contributed by atoms with Crippen LogP contribution in [0.2, 0.25) is 0 Å². The standard InChI is InChI=1S/C10H5Br3N2OS/c11-6-2-1-3-14-9(6)15-10(16)5-4-7(12)17-8(5)13/h1-4H,(H,14,15,16). The molecule has 0 radical (unpaired) electrons. The maximum Gasteiger partial charge on any atom is 0.258 e. The van der Waals surface area contributed by atoms with Crippen LogP contribution in [0.15, 0.2) is 36.4 Å². The zero-order valence-electron chi connectivity index (χ0n) is 8.21. The number of nitrogens with zero attached hydrogens (tertiary/aromatic N) is 1. The molecule has 0 aliphatic rings. The van der Waals surface area contributed by atoms with E-state index in [-0.39, 0.29) is 5.91 Å². The molecule has 7 heteroatoms. The van der Waals surface area contributed by atoms with Gasteiger partial charge in [0.2, 0.25) is 0 Å². The molecular formula is C10H5Br3N2OS. The Bertz CT molecular complexity index is 570. The van der Waals surface area contributed by atoms with Crippen molar-refractivity contribution in [2.24, 2.45) is 0 Å². The van der Waals surface area contributed by atoms with Crippen molar-refractivity contribution < 1.29 is 4.79 Å². The zero-order chi connectivity index (χ0) is 12.4. The van der Waals surface area contributed by atoms with E-state index in [0.717, 1.165) is 12.0 Å². The van der Waals surface area contributed by atoms with Crippen molar-refractivity contribution >= 4 is 70.9 Å². The number of rotatable bonds is 2. The van der Waals surface area contributed by atoms with Crippen molar-refractivity contribution in [1.82, 2.24) is 4.98 Å². The molecule has 1 amide bonds. The monoisotopic (exact) mass is 438 g/mol. The Labute approximate surface area is 127 Å². The van der Waals surface area contributed by atoms with E-state index in [1.165, 1.54) is 11.3 Å². The highest BCUT2D eigenvalue weighted by molar-refractivity contribution is 9.12. The van der Waals surface area contributed by atoms with Gasteiger partial charge in [-0.25, -0.2) is 4.98 Å². The molecule has 3 nitrogen and oxygen atoms in total. The fraction of sp³-hybridized carbons (Fsp3) is 0. The summed E-state index contributed by atoms with van der Waals surface area (Å²) in [6, 6.07) is 5.37. The quantitative estimate of drug-likeness (QED) is 0.736. The summed E-state index contributed by atoms with van der Waals surface area (Å²) >= 11 is 11.5. The Hall–Kier alpha value is -0.240. The summed E-state index contributed by atoms with van der Waals surface area (Å²) in [4.78, 5) is 16.1. The third kappa shape index (κ3) is 3.15. The molecule has 2 rings (SSSR count). The molecule has 1 N–H and O–H groups in total. The first kappa shape index (κ1) is 13.2. The van der Waals surface area contributed by atoms with Crippen LogP contribution < -0.4 is 5.32 Å². The predicted octanol–water partition coefficient (Wildman–Crippen LogP) is 4.68. The van der Waals surface area contributed by atoms with Crippen molar-refractivity contribution in [3.05, 3.63) is 42.0 Å². The highest BCUT2D eigenvalue weighted by atomic mass is 79.9. The summed E-state index contributed by atoms with van der Waals surface area (Å²) < 4.78 is 2.43. The number of thiophene rings is 1. The van der Waals surface area contributed by atoms with E-state index in [0.29, 0.717) is 11.4 Å². The molecule has 0 atom stereocenters. The second-order valence-corrected chi connectivity index (χ2v) is 7.63. The first-order valence-corrected chi connectivity index (χ1v) is 7.64. The van der Waals surface area contributed by atoms with Crippen molar-refractivity contribution in [1.29, 1.82) is 0 Å². The lowest BCUT2D eigenvalue weighted by molar-refractivity contribution is 0.102. The highest BCUT2D eigenvalue weighted by Gasteiger charge is 2.15. The number of anilines is 1. The number of hydrogen-bond acceptors (Lipinski definition) is 3. The average molecular weight is 441 g/mol. The molecule has 2 aromatic rings. The van der Waals surface area contributed by atoms with Crippen LogP contribution in [0.5, 0.6) is 0 Å². The van der Waals surface area contributed by atoms with Gasteiger partial charge in [0.15, 0.2) is 0 Å². The van der Waals surface area contributed by atoms with Crippen molar-refractivity contribution in [3.8, 4) is 0 Å². The summed E-state index contributed by atoms with van der Waals surface area (Å²) in [7, 11) is 0. The zero-order valence-corrected chi connectivity index (χ0v) is 13.8. The van der Waals surface area contributed by atoms with Gasteiger partial charge in [-0.3, -0.25) is 4.79 Å². The van der Waals surface area contributed by atoms with Crippen LogP contribution >= 0.6 is 59.1 Å². The number of nitrogens with one attached hydrogen (secondary N) is 1. The summed E-state index contributed by atoms with van der Waals surface area (Å²) in [5, 5.41) is 2.74. The molecule has 17 heavy (non-hydrogen) atoms.